The Balaban J connectivity index is 2.65. The van der Waals surface area contributed by atoms with Crippen molar-refractivity contribution in [3.8, 4) is 0 Å². The topological polar surface area (TPSA) is 37.3 Å². The van der Waals surface area contributed by atoms with E-state index in [1.54, 1.807) is 0 Å². The SMILES string of the molecule is CC1=C(/C=C/C(C)=C/CC/C(C)=C\C(=O)O)C(C)(C)CCC1. The predicted octanol–water partition coefficient (Wildman–Crippen LogP) is 5.83. The lowest BCUT2D eigenvalue weighted by Crippen LogP contribution is -2.19. The van der Waals surface area contributed by atoms with Crippen LogP contribution in [0.25, 0.3) is 0 Å². The Kier molecular flexibility index (Phi) is 6.86. The van der Waals surface area contributed by atoms with Crippen LogP contribution in [0, 0.1) is 5.41 Å². The molecule has 0 aromatic carbocycles. The van der Waals surface area contributed by atoms with E-state index in [4.69, 9.17) is 5.11 Å². The molecular weight excluding hydrogens is 272 g/mol. The molecule has 1 rings (SSSR count). The van der Waals surface area contributed by atoms with Gasteiger partial charge in [0.2, 0.25) is 0 Å². The van der Waals surface area contributed by atoms with Gasteiger partial charge in [-0.25, -0.2) is 4.79 Å². The Bertz CT molecular complexity index is 528. The molecule has 0 amide bonds. The zero-order valence-corrected chi connectivity index (χ0v) is 14.7. The Hall–Kier alpha value is -1.57. The highest BCUT2D eigenvalue weighted by Gasteiger charge is 2.26. The predicted molar refractivity (Wildman–Crippen MR) is 93.9 cm³/mol. The Morgan fingerprint density at radius 3 is 2.59 bits per heavy atom. The average molecular weight is 302 g/mol. The number of carboxylic acids is 1. The highest BCUT2D eigenvalue weighted by Crippen LogP contribution is 2.40. The minimum Gasteiger partial charge on any atom is -0.478 e. The highest BCUT2D eigenvalue weighted by molar-refractivity contribution is 5.80. The highest BCUT2D eigenvalue weighted by atomic mass is 16.4. The molecule has 0 unspecified atom stereocenters. The first-order valence-electron chi connectivity index (χ1n) is 8.17. The average Bonchev–Trinajstić information content (AvgIpc) is 2.36. The minimum absolute atomic E-state index is 0.278. The first kappa shape index (κ1) is 18.5. The third-order valence-corrected chi connectivity index (χ3v) is 4.43. The van der Waals surface area contributed by atoms with Gasteiger partial charge >= 0.3 is 5.97 Å². The molecule has 1 N–H and O–H groups in total. The molecule has 2 nitrogen and oxygen atoms in total. The summed E-state index contributed by atoms with van der Waals surface area (Å²) in [4.78, 5) is 10.6. The Labute approximate surface area is 135 Å². The van der Waals surface area contributed by atoms with Crippen LogP contribution in [0.15, 0.2) is 46.6 Å². The summed E-state index contributed by atoms with van der Waals surface area (Å²) >= 11 is 0. The van der Waals surface area contributed by atoms with E-state index >= 15 is 0 Å². The number of hydrogen-bond donors (Lipinski definition) is 1. The monoisotopic (exact) mass is 302 g/mol. The maximum Gasteiger partial charge on any atom is 0.328 e. The molecule has 0 heterocycles. The molecule has 0 aromatic heterocycles. The summed E-state index contributed by atoms with van der Waals surface area (Å²) < 4.78 is 0. The second-order valence-corrected chi connectivity index (χ2v) is 7.08. The summed E-state index contributed by atoms with van der Waals surface area (Å²) in [6.45, 7) is 10.9. The van der Waals surface area contributed by atoms with Crippen molar-refractivity contribution in [3.05, 3.63) is 46.6 Å². The van der Waals surface area contributed by atoms with Crippen molar-refractivity contribution in [2.45, 2.75) is 66.7 Å². The molecule has 0 saturated carbocycles. The summed E-state index contributed by atoms with van der Waals surface area (Å²) in [6.07, 6.45) is 13.4. The van der Waals surface area contributed by atoms with Gasteiger partial charge in [0.05, 0.1) is 0 Å². The van der Waals surface area contributed by atoms with Gasteiger partial charge in [0.1, 0.15) is 0 Å². The van der Waals surface area contributed by atoms with Crippen LogP contribution in [-0.2, 0) is 4.79 Å². The van der Waals surface area contributed by atoms with Crippen LogP contribution in [0.5, 0.6) is 0 Å². The molecule has 1 aliphatic rings. The molecule has 0 radical (unpaired) electrons. The number of hydrogen-bond acceptors (Lipinski definition) is 1. The molecule has 1 aliphatic carbocycles. The lowest BCUT2D eigenvalue weighted by Gasteiger charge is -2.32. The molecule has 0 aromatic rings. The van der Waals surface area contributed by atoms with Gasteiger partial charge in [-0.1, -0.05) is 48.8 Å². The fourth-order valence-corrected chi connectivity index (χ4v) is 3.10. The van der Waals surface area contributed by atoms with E-state index in [1.165, 1.54) is 42.1 Å². The van der Waals surface area contributed by atoms with Crippen molar-refractivity contribution < 1.29 is 9.90 Å². The van der Waals surface area contributed by atoms with Gasteiger partial charge in [0, 0.05) is 6.08 Å². The van der Waals surface area contributed by atoms with Crippen molar-refractivity contribution in [2.75, 3.05) is 0 Å². The van der Waals surface area contributed by atoms with E-state index in [9.17, 15) is 4.79 Å². The van der Waals surface area contributed by atoms with E-state index in [-0.39, 0.29) is 5.41 Å². The van der Waals surface area contributed by atoms with Crippen molar-refractivity contribution in [1.82, 2.24) is 0 Å². The van der Waals surface area contributed by atoms with Crippen molar-refractivity contribution in [2.24, 2.45) is 5.41 Å². The van der Waals surface area contributed by atoms with Gasteiger partial charge in [-0.05, 0) is 63.9 Å². The third-order valence-electron chi connectivity index (χ3n) is 4.43. The molecule has 122 valence electrons. The summed E-state index contributed by atoms with van der Waals surface area (Å²) in [7, 11) is 0. The summed E-state index contributed by atoms with van der Waals surface area (Å²) in [6, 6.07) is 0. The molecular formula is C20H30O2. The zero-order valence-electron chi connectivity index (χ0n) is 14.7. The van der Waals surface area contributed by atoms with E-state index in [2.05, 4.69) is 45.9 Å². The standard InChI is InChI=1S/C20H30O2/c1-15(8-6-9-16(2)14-19(21)22)11-12-18-17(3)10-7-13-20(18,4)5/h8,11-12,14H,6-7,9-10,13H2,1-5H3,(H,21,22)/b12-11+,15-8+,16-14-. The normalized spacial score (nSPS) is 19.9. The van der Waals surface area contributed by atoms with Crippen molar-refractivity contribution in [3.63, 3.8) is 0 Å². The molecule has 0 spiro atoms. The second-order valence-electron chi connectivity index (χ2n) is 7.08. The number of aliphatic carboxylic acids is 1. The number of carboxylic acid groups (broad SMARTS) is 1. The van der Waals surface area contributed by atoms with E-state index in [0.717, 1.165) is 18.4 Å². The molecule has 0 bridgehead atoms. The van der Waals surface area contributed by atoms with Gasteiger partial charge in [-0.15, -0.1) is 0 Å². The third kappa shape index (κ3) is 6.05. The van der Waals surface area contributed by atoms with E-state index in [0.29, 0.717) is 0 Å². The smallest absolute Gasteiger partial charge is 0.328 e. The number of allylic oxidation sites excluding steroid dienone is 7. The second kappa shape index (κ2) is 8.17. The van der Waals surface area contributed by atoms with Crippen LogP contribution in [0.3, 0.4) is 0 Å². The van der Waals surface area contributed by atoms with Gasteiger partial charge in [0.15, 0.2) is 0 Å². The summed E-state index contributed by atoms with van der Waals surface area (Å²) in [5.41, 5.74) is 5.42. The minimum atomic E-state index is -0.861. The van der Waals surface area contributed by atoms with Crippen LogP contribution >= 0.6 is 0 Å². The van der Waals surface area contributed by atoms with Crippen LogP contribution in [0.4, 0.5) is 0 Å². The Morgan fingerprint density at radius 2 is 2.00 bits per heavy atom. The fraction of sp³-hybridized carbons (Fsp3) is 0.550. The Morgan fingerprint density at radius 1 is 1.32 bits per heavy atom. The maximum absolute atomic E-state index is 10.6. The van der Waals surface area contributed by atoms with Gasteiger partial charge in [0.25, 0.3) is 0 Å². The molecule has 22 heavy (non-hydrogen) atoms. The van der Waals surface area contributed by atoms with E-state index < -0.39 is 5.97 Å². The summed E-state index contributed by atoms with van der Waals surface area (Å²) in [5, 5.41) is 8.69. The van der Waals surface area contributed by atoms with Crippen LogP contribution in [0.2, 0.25) is 0 Å². The van der Waals surface area contributed by atoms with E-state index in [1.807, 2.05) is 6.92 Å². The van der Waals surface area contributed by atoms with Crippen molar-refractivity contribution in [1.29, 1.82) is 0 Å². The molecule has 0 aliphatic heterocycles. The van der Waals surface area contributed by atoms with Crippen LogP contribution < -0.4 is 0 Å². The maximum atomic E-state index is 10.6. The molecule has 0 fully saturated rings. The summed E-state index contributed by atoms with van der Waals surface area (Å²) in [5.74, 6) is -0.861. The molecule has 0 saturated heterocycles. The number of carbonyl (C=O) groups is 1. The van der Waals surface area contributed by atoms with Gasteiger partial charge in [-0.3, -0.25) is 0 Å². The van der Waals surface area contributed by atoms with Gasteiger partial charge < -0.3 is 5.11 Å². The van der Waals surface area contributed by atoms with Crippen LogP contribution in [-0.4, -0.2) is 11.1 Å². The molecule has 2 heteroatoms. The van der Waals surface area contributed by atoms with Crippen LogP contribution in [0.1, 0.15) is 66.7 Å². The zero-order chi connectivity index (χ0) is 16.8. The quantitative estimate of drug-likeness (QED) is 0.495. The largest absolute Gasteiger partial charge is 0.478 e. The number of rotatable bonds is 6. The fourth-order valence-electron chi connectivity index (χ4n) is 3.10. The lowest BCUT2D eigenvalue weighted by atomic mass is 9.72. The first-order valence-corrected chi connectivity index (χ1v) is 8.17. The molecule has 0 atom stereocenters. The van der Waals surface area contributed by atoms with Crippen molar-refractivity contribution >= 4 is 5.97 Å². The lowest BCUT2D eigenvalue weighted by molar-refractivity contribution is -0.131. The van der Waals surface area contributed by atoms with Gasteiger partial charge in [-0.2, -0.15) is 0 Å². The first-order chi connectivity index (χ1) is 10.2.